The van der Waals surface area contributed by atoms with Crippen LogP contribution in [0.2, 0.25) is 0 Å². The second-order valence-electron chi connectivity index (χ2n) is 6.40. The van der Waals surface area contributed by atoms with E-state index in [1.807, 2.05) is 14.1 Å². The Hall–Kier alpha value is -0.860. The number of aliphatic hydroxyl groups is 1. The molecule has 2 nitrogen and oxygen atoms in total. The molecular formula is C16H27NO. The summed E-state index contributed by atoms with van der Waals surface area (Å²) in [5.74, 6) is 0. The van der Waals surface area contributed by atoms with E-state index < -0.39 is 0 Å². The van der Waals surface area contributed by atoms with Gasteiger partial charge in [0, 0.05) is 0 Å². The molecule has 1 aromatic rings. The Morgan fingerprint density at radius 3 is 2.11 bits per heavy atom. The summed E-state index contributed by atoms with van der Waals surface area (Å²) in [5.41, 5.74) is 2.76. The molecule has 0 fully saturated rings. The SMILES string of the molecule is CN(C)CCC(O)Cc1ccc(C(C)(C)C)cc1. The standard InChI is InChI=1S/C16H27NO/c1-16(2,3)14-8-6-13(7-9-14)12-15(18)10-11-17(4)5/h6-9,15,18H,10-12H2,1-5H3. The fraction of sp³-hybridized carbons (Fsp3) is 0.625. The zero-order chi connectivity index (χ0) is 13.8. The molecule has 0 aromatic heterocycles. The molecule has 1 aromatic carbocycles. The Kier molecular flexibility index (Phi) is 5.36. The molecule has 1 unspecified atom stereocenters. The van der Waals surface area contributed by atoms with Gasteiger partial charge in [-0.25, -0.2) is 0 Å². The van der Waals surface area contributed by atoms with Gasteiger partial charge in [0.05, 0.1) is 6.10 Å². The Bertz CT molecular complexity index is 348. The Balaban J connectivity index is 2.53. The van der Waals surface area contributed by atoms with Crippen LogP contribution in [0.15, 0.2) is 24.3 Å². The first-order valence-electron chi connectivity index (χ1n) is 6.71. The first-order valence-corrected chi connectivity index (χ1v) is 6.71. The average Bonchev–Trinajstić information content (AvgIpc) is 2.26. The van der Waals surface area contributed by atoms with Gasteiger partial charge in [-0.1, -0.05) is 45.0 Å². The molecule has 0 saturated heterocycles. The van der Waals surface area contributed by atoms with Gasteiger partial charge in [-0.2, -0.15) is 0 Å². The molecular weight excluding hydrogens is 222 g/mol. The van der Waals surface area contributed by atoms with Crippen molar-refractivity contribution < 1.29 is 5.11 Å². The fourth-order valence-electron chi connectivity index (χ4n) is 1.92. The maximum Gasteiger partial charge on any atom is 0.0592 e. The Morgan fingerprint density at radius 2 is 1.67 bits per heavy atom. The summed E-state index contributed by atoms with van der Waals surface area (Å²) >= 11 is 0. The van der Waals surface area contributed by atoms with Crippen molar-refractivity contribution >= 4 is 0 Å². The highest BCUT2D eigenvalue weighted by atomic mass is 16.3. The van der Waals surface area contributed by atoms with Gasteiger partial charge in [0.2, 0.25) is 0 Å². The highest BCUT2D eigenvalue weighted by Crippen LogP contribution is 2.22. The second-order valence-corrected chi connectivity index (χ2v) is 6.40. The lowest BCUT2D eigenvalue weighted by atomic mass is 9.86. The fourth-order valence-corrected chi connectivity index (χ4v) is 1.92. The average molecular weight is 249 g/mol. The monoisotopic (exact) mass is 249 g/mol. The largest absolute Gasteiger partial charge is 0.393 e. The summed E-state index contributed by atoms with van der Waals surface area (Å²) in [6.07, 6.45) is 1.33. The van der Waals surface area contributed by atoms with Crippen LogP contribution in [0.25, 0.3) is 0 Å². The van der Waals surface area contributed by atoms with Gasteiger partial charge < -0.3 is 10.0 Å². The third-order valence-electron chi connectivity index (χ3n) is 3.20. The van der Waals surface area contributed by atoms with Gasteiger partial charge in [-0.15, -0.1) is 0 Å². The van der Waals surface area contributed by atoms with Crippen molar-refractivity contribution in [2.45, 2.75) is 45.1 Å². The normalized spacial score (nSPS) is 13.9. The van der Waals surface area contributed by atoms with Gasteiger partial charge in [-0.05, 0) is 50.0 Å². The molecule has 18 heavy (non-hydrogen) atoms. The molecule has 1 atom stereocenters. The maximum absolute atomic E-state index is 9.95. The summed E-state index contributed by atoms with van der Waals surface area (Å²) in [6, 6.07) is 8.63. The van der Waals surface area contributed by atoms with Crippen LogP contribution in [0.1, 0.15) is 38.3 Å². The number of hydrogen-bond donors (Lipinski definition) is 1. The van der Waals surface area contributed by atoms with Gasteiger partial charge in [0.1, 0.15) is 0 Å². The molecule has 0 aliphatic rings. The molecule has 102 valence electrons. The van der Waals surface area contributed by atoms with Crippen molar-refractivity contribution in [2.75, 3.05) is 20.6 Å². The minimum absolute atomic E-state index is 0.196. The van der Waals surface area contributed by atoms with Gasteiger partial charge in [0.25, 0.3) is 0 Å². The van der Waals surface area contributed by atoms with E-state index in [1.165, 1.54) is 11.1 Å². The minimum atomic E-state index is -0.243. The molecule has 1 rings (SSSR count). The Morgan fingerprint density at radius 1 is 1.11 bits per heavy atom. The van der Waals surface area contributed by atoms with Crippen molar-refractivity contribution in [1.29, 1.82) is 0 Å². The molecule has 1 N–H and O–H groups in total. The van der Waals surface area contributed by atoms with Crippen LogP contribution in [-0.4, -0.2) is 36.8 Å². The molecule has 0 aliphatic heterocycles. The lowest BCUT2D eigenvalue weighted by Gasteiger charge is -2.19. The number of nitrogens with zero attached hydrogens (tertiary/aromatic N) is 1. The van der Waals surface area contributed by atoms with E-state index >= 15 is 0 Å². The van der Waals surface area contributed by atoms with E-state index in [0.29, 0.717) is 0 Å². The van der Waals surface area contributed by atoms with E-state index in [-0.39, 0.29) is 11.5 Å². The van der Waals surface area contributed by atoms with Crippen molar-refractivity contribution in [3.8, 4) is 0 Å². The highest BCUT2D eigenvalue weighted by molar-refractivity contribution is 5.27. The smallest absolute Gasteiger partial charge is 0.0592 e. The van der Waals surface area contributed by atoms with Crippen LogP contribution in [0.3, 0.4) is 0 Å². The molecule has 0 aliphatic carbocycles. The first-order chi connectivity index (χ1) is 8.29. The Labute approximate surface area is 112 Å². The van der Waals surface area contributed by atoms with Crippen LogP contribution in [0.4, 0.5) is 0 Å². The van der Waals surface area contributed by atoms with Crippen molar-refractivity contribution in [2.24, 2.45) is 0 Å². The quantitative estimate of drug-likeness (QED) is 0.867. The summed E-state index contributed by atoms with van der Waals surface area (Å²) in [6.45, 7) is 7.58. The summed E-state index contributed by atoms with van der Waals surface area (Å²) in [4.78, 5) is 2.10. The van der Waals surface area contributed by atoms with Crippen LogP contribution in [-0.2, 0) is 11.8 Å². The molecule has 0 bridgehead atoms. The van der Waals surface area contributed by atoms with E-state index in [0.717, 1.165) is 19.4 Å². The van der Waals surface area contributed by atoms with Crippen molar-refractivity contribution in [3.63, 3.8) is 0 Å². The minimum Gasteiger partial charge on any atom is -0.393 e. The molecule has 0 amide bonds. The zero-order valence-electron chi connectivity index (χ0n) is 12.4. The van der Waals surface area contributed by atoms with Gasteiger partial charge in [0.15, 0.2) is 0 Å². The zero-order valence-corrected chi connectivity index (χ0v) is 12.4. The number of aliphatic hydroxyl groups excluding tert-OH is 1. The molecule has 0 radical (unpaired) electrons. The molecule has 0 heterocycles. The predicted molar refractivity (Wildman–Crippen MR) is 78.0 cm³/mol. The number of benzene rings is 1. The van der Waals surface area contributed by atoms with Crippen LogP contribution >= 0.6 is 0 Å². The van der Waals surface area contributed by atoms with Crippen LogP contribution in [0, 0.1) is 0 Å². The van der Waals surface area contributed by atoms with Crippen LogP contribution in [0.5, 0.6) is 0 Å². The summed E-state index contributed by atoms with van der Waals surface area (Å²) in [7, 11) is 4.07. The lowest BCUT2D eigenvalue weighted by molar-refractivity contribution is 0.152. The van der Waals surface area contributed by atoms with Crippen LogP contribution < -0.4 is 0 Å². The molecule has 0 spiro atoms. The summed E-state index contributed by atoms with van der Waals surface area (Å²) < 4.78 is 0. The van der Waals surface area contributed by atoms with Gasteiger partial charge in [-0.3, -0.25) is 0 Å². The number of hydrogen-bond acceptors (Lipinski definition) is 2. The first kappa shape index (κ1) is 15.2. The van der Waals surface area contributed by atoms with Gasteiger partial charge >= 0.3 is 0 Å². The van der Waals surface area contributed by atoms with E-state index in [4.69, 9.17) is 0 Å². The van der Waals surface area contributed by atoms with E-state index in [1.54, 1.807) is 0 Å². The van der Waals surface area contributed by atoms with E-state index in [2.05, 4.69) is 49.9 Å². The topological polar surface area (TPSA) is 23.5 Å². The molecule has 0 saturated carbocycles. The number of rotatable bonds is 5. The van der Waals surface area contributed by atoms with E-state index in [9.17, 15) is 5.11 Å². The molecule has 2 heteroatoms. The lowest BCUT2D eigenvalue weighted by Crippen LogP contribution is -2.21. The third-order valence-corrected chi connectivity index (χ3v) is 3.20. The summed E-state index contributed by atoms with van der Waals surface area (Å²) in [5, 5.41) is 9.95. The maximum atomic E-state index is 9.95. The highest BCUT2D eigenvalue weighted by Gasteiger charge is 2.13. The predicted octanol–water partition coefficient (Wildman–Crippen LogP) is 2.84. The van der Waals surface area contributed by atoms with Crippen molar-refractivity contribution in [3.05, 3.63) is 35.4 Å². The van der Waals surface area contributed by atoms with Crippen molar-refractivity contribution in [1.82, 2.24) is 4.90 Å². The third kappa shape index (κ3) is 5.19. The second kappa shape index (κ2) is 6.35.